The van der Waals surface area contributed by atoms with Gasteiger partial charge in [0, 0.05) is 16.5 Å². The largest absolute Gasteiger partial charge is 0.484 e. The lowest BCUT2D eigenvalue weighted by Crippen LogP contribution is -2.32. The van der Waals surface area contributed by atoms with Crippen molar-refractivity contribution in [2.45, 2.75) is 23.1 Å². The first-order valence-electron chi connectivity index (χ1n) is 12.4. The van der Waals surface area contributed by atoms with E-state index in [0.717, 1.165) is 27.4 Å². The molecule has 8 nitrogen and oxygen atoms in total. The third-order valence-corrected chi connectivity index (χ3v) is 9.25. The lowest BCUT2D eigenvalue weighted by Gasteiger charge is -2.29. The summed E-state index contributed by atoms with van der Waals surface area (Å²) in [6, 6.07) is 19.6. The molecule has 0 bridgehead atoms. The van der Waals surface area contributed by atoms with Gasteiger partial charge in [0.15, 0.2) is 6.61 Å². The van der Waals surface area contributed by atoms with Crippen molar-refractivity contribution in [3.8, 4) is 5.75 Å². The van der Waals surface area contributed by atoms with E-state index in [1.807, 2.05) is 31.2 Å². The maximum absolute atomic E-state index is 13.7. The van der Waals surface area contributed by atoms with E-state index >= 15 is 0 Å². The van der Waals surface area contributed by atoms with Gasteiger partial charge in [0.1, 0.15) is 16.8 Å². The molecule has 202 valence electrons. The lowest BCUT2D eigenvalue weighted by molar-refractivity contribution is -0.122. The number of fused-ring (bicyclic) bond motifs is 2. The molecule has 1 saturated heterocycles. The lowest BCUT2D eigenvalue weighted by atomic mass is 9.83. The number of anilines is 2. The molecular formula is C29H22FN3O5S2. The first-order chi connectivity index (χ1) is 19.3. The first-order valence-corrected chi connectivity index (χ1v) is 14.1. The quantitative estimate of drug-likeness (QED) is 0.323. The Labute approximate surface area is 236 Å². The second-order valence-corrected chi connectivity index (χ2v) is 11.7. The predicted octanol–water partition coefficient (Wildman–Crippen LogP) is 4.70. The van der Waals surface area contributed by atoms with Gasteiger partial charge in [0.25, 0.3) is 5.91 Å². The van der Waals surface area contributed by atoms with E-state index < -0.39 is 34.7 Å². The van der Waals surface area contributed by atoms with Crippen molar-refractivity contribution in [2.24, 2.45) is 5.92 Å². The molecule has 3 aromatic carbocycles. The number of nitrogens with zero attached hydrogens (tertiary/aromatic N) is 1. The van der Waals surface area contributed by atoms with Gasteiger partial charge in [0.2, 0.25) is 11.8 Å². The van der Waals surface area contributed by atoms with Crippen molar-refractivity contribution < 1.29 is 23.5 Å². The van der Waals surface area contributed by atoms with Crippen LogP contribution >= 0.6 is 23.1 Å². The minimum atomic E-state index is -0.756. The molecule has 3 heterocycles. The summed E-state index contributed by atoms with van der Waals surface area (Å²) >= 11 is 2.19. The predicted molar refractivity (Wildman–Crippen MR) is 151 cm³/mol. The molecule has 2 aliphatic heterocycles. The van der Waals surface area contributed by atoms with Crippen molar-refractivity contribution in [1.29, 1.82) is 0 Å². The van der Waals surface area contributed by atoms with Crippen LogP contribution in [0.15, 0.2) is 82.6 Å². The van der Waals surface area contributed by atoms with Crippen LogP contribution in [0.1, 0.15) is 21.9 Å². The number of carbonyl (C=O) groups is 3. The number of halogens is 1. The average Bonchev–Trinajstić information content (AvgIpc) is 3.44. The Kier molecular flexibility index (Phi) is 6.77. The SMILES string of the molecule is Cc1ccc(NC(=O)COc2ccc(C3c4sc(=O)[nH]c4SC4C(=O)N(c5ccc(F)cc5)C(=O)C43)cc2)cc1. The highest BCUT2D eigenvalue weighted by Crippen LogP contribution is 2.53. The van der Waals surface area contributed by atoms with E-state index in [1.54, 1.807) is 24.3 Å². The number of carbonyl (C=O) groups excluding carboxylic acids is 3. The number of nitrogens with one attached hydrogen (secondary N) is 2. The fourth-order valence-electron chi connectivity index (χ4n) is 4.98. The number of thioether (sulfide) groups is 1. The maximum atomic E-state index is 13.7. The second kappa shape index (κ2) is 10.4. The molecule has 11 heteroatoms. The fourth-order valence-corrected chi connectivity index (χ4v) is 7.49. The summed E-state index contributed by atoms with van der Waals surface area (Å²) in [4.78, 5) is 56.0. The Morgan fingerprint density at radius 3 is 2.38 bits per heavy atom. The zero-order valence-electron chi connectivity index (χ0n) is 21.1. The third-order valence-electron chi connectivity index (χ3n) is 6.85. The average molecular weight is 576 g/mol. The van der Waals surface area contributed by atoms with Gasteiger partial charge in [-0.1, -0.05) is 52.9 Å². The van der Waals surface area contributed by atoms with Crippen LogP contribution in [0.4, 0.5) is 15.8 Å². The van der Waals surface area contributed by atoms with Crippen LogP contribution in [0, 0.1) is 18.7 Å². The summed E-state index contributed by atoms with van der Waals surface area (Å²) in [6.45, 7) is 1.77. The van der Waals surface area contributed by atoms with E-state index in [4.69, 9.17) is 4.74 Å². The number of benzene rings is 3. The molecule has 0 spiro atoms. The van der Waals surface area contributed by atoms with E-state index in [9.17, 15) is 23.6 Å². The minimum Gasteiger partial charge on any atom is -0.484 e. The summed E-state index contributed by atoms with van der Waals surface area (Å²) in [5, 5.41) is 2.60. The van der Waals surface area contributed by atoms with Crippen molar-refractivity contribution in [1.82, 2.24) is 4.98 Å². The molecule has 0 radical (unpaired) electrons. The Morgan fingerprint density at radius 1 is 0.975 bits per heavy atom. The van der Waals surface area contributed by atoms with Crippen LogP contribution in [0.3, 0.4) is 0 Å². The van der Waals surface area contributed by atoms with Gasteiger partial charge in [-0.25, -0.2) is 9.29 Å². The van der Waals surface area contributed by atoms with Crippen molar-refractivity contribution >= 4 is 52.2 Å². The molecule has 40 heavy (non-hydrogen) atoms. The Morgan fingerprint density at radius 2 is 1.68 bits per heavy atom. The van der Waals surface area contributed by atoms with Gasteiger partial charge in [-0.3, -0.25) is 19.2 Å². The normalized spacial score (nSPS) is 19.8. The summed E-state index contributed by atoms with van der Waals surface area (Å²) in [6.07, 6.45) is 0. The summed E-state index contributed by atoms with van der Waals surface area (Å²) in [5.41, 5.74) is 2.79. The first kappa shape index (κ1) is 26.0. The molecule has 6 rings (SSSR count). The van der Waals surface area contributed by atoms with Gasteiger partial charge < -0.3 is 15.0 Å². The smallest absolute Gasteiger partial charge is 0.305 e. The van der Waals surface area contributed by atoms with Gasteiger partial charge in [-0.05, 0) is 61.0 Å². The van der Waals surface area contributed by atoms with Crippen LogP contribution < -0.4 is 19.8 Å². The van der Waals surface area contributed by atoms with Crippen LogP contribution in [0.5, 0.6) is 5.75 Å². The van der Waals surface area contributed by atoms with E-state index in [-0.39, 0.29) is 17.4 Å². The molecule has 2 aliphatic rings. The molecule has 1 fully saturated rings. The zero-order chi connectivity index (χ0) is 28.0. The van der Waals surface area contributed by atoms with Crippen molar-refractivity contribution in [2.75, 3.05) is 16.8 Å². The third kappa shape index (κ3) is 4.82. The van der Waals surface area contributed by atoms with Crippen molar-refractivity contribution in [3.05, 3.63) is 104 Å². The highest BCUT2D eigenvalue weighted by Gasteiger charge is 2.56. The maximum Gasteiger partial charge on any atom is 0.305 e. The minimum absolute atomic E-state index is 0.193. The molecule has 3 unspecified atom stereocenters. The fraction of sp³-hybridized carbons (Fsp3) is 0.172. The van der Waals surface area contributed by atoms with Gasteiger partial charge in [-0.2, -0.15) is 0 Å². The van der Waals surface area contributed by atoms with E-state index in [1.165, 1.54) is 36.0 Å². The molecule has 4 aromatic rings. The molecule has 1 aromatic heterocycles. The van der Waals surface area contributed by atoms with Crippen LogP contribution in [0.25, 0.3) is 0 Å². The number of hydrogen-bond donors (Lipinski definition) is 2. The highest BCUT2D eigenvalue weighted by atomic mass is 32.2. The number of imide groups is 1. The van der Waals surface area contributed by atoms with Crippen LogP contribution in [-0.2, 0) is 14.4 Å². The number of amides is 3. The Bertz CT molecular complexity index is 1670. The molecular weight excluding hydrogens is 553 g/mol. The number of ether oxygens (including phenoxy) is 1. The number of hydrogen-bond acceptors (Lipinski definition) is 7. The Hall–Kier alpha value is -4.22. The topological polar surface area (TPSA) is 109 Å². The van der Waals surface area contributed by atoms with Crippen LogP contribution in [-0.4, -0.2) is 34.6 Å². The number of rotatable bonds is 6. The van der Waals surface area contributed by atoms with E-state index in [2.05, 4.69) is 10.3 Å². The van der Waals surface area contributed by atoms with Gasteiger partial charge >= 0.3 is 4.87 Å². The molecule has 3 amide bonds. The number of H-pyrrole nitrogens is 1. The van der Waals surface area contributed by atoms with Gasteiger partial charge in [-0.15, -0.1) is 0 Å². The number of thiazole rings is 1. The molecule has 3 atom stereocenters. The zero-order valence-corrected chi connectivity index (χ0v) is 22.7. The number of aromatic amines is 1. The van der Waals surface area contributed by atoms with Crippen molar-refractivity contribution in [3.63, 3.8) is 0 Å². The second-order valence-electron chi connectivity index (χ2n) is 9.51. The number of aryl methyl sites for hydroxylation is 1. The molecule has 2 N–H and O–H groups in total. The molecule has 0 saturated carbocycles. The number of aromatic nitrogens is 1. The summed E-state index contributed by atoms with van der Waals surface area (Å²) in [5.74, 6) is -2.44. The Balaban J connectivity index is 1.24. The van der Waals surface area contributed by atoms with Gasteiger partial charge in [0.05, 0.1) is 16.6 Å². The standard InChI is InChI=1S/C29H22FN3O5S2/c1-15-2-8-18(9-3-15)31-21(34)14-38-20-12-4-16(5-13-20)22-23-25(39-26-24(22)40-29(37)32-26)28(36)33(27(23)35)19-10-6-17(30)7-11-19/h2-13,22-23,25H,14H2,1H3,(H,31,34)(H,32,37). The highest BCUT2D eigenvalue weighted by molar-refractivity contribution is 8.00. The van der Waals surface area contributed by atoms with E-state index in [0.29, 0.717) is 27.0 Å². The van der Waals surface area contributed by atoms with Crippen LogP contribution in [0.2, 0.25) is 0 Å². The summed E-state index contributed by atoms with van der Waals surface area (Å²) < 4.78 is 19.2. The molecule has 0 aliphatic carbocycles. The summed E-state index contributed by atoms with van der Waals surface area (Å²) in [7, 11) is 0. The monoisotopic (exact) mass is 575 g/mol.